The van der Waals surface area contributed by atoms with Crippen molar-refractivity contribution in [2.75, 3.05) is 32.7 Å². The van der Waals surface area contributed by atoms with E-state index in [1.807, 2.05) is 0 Å². The summed E-state index contributed by atoms with van der Waals surface area (Å²) in [5.41, 5.74) is 11.2. The summed E-state index contributed by atoms with van der Waals surface area (Å²) in [7, 11) is 0. The smallest absolute Gasteiger partial charge is 0.00187 e. The Morgan fingerprint density at radius 2 is 0.388 bits per heavy atom. The number of hydrogen-bond donors (Lipinski definition) is 2. The Morgan fingerprint density at radius 1 is 0.224 bits per heavy atom. The Labute approximate surface area is 312 Å². The highest BCUT2D eigenvalue weighted by Gasteiger charge is 2.05. The van der Waals surface area contributed by atoms with E-state index in [2.05, 4.69) is 11.8 Å². The molecule has 0 rings (SSSR count). The Morgan fingerprint density at radius 3 is 0.571 bits per heavy atom. The molecule has 0 radical (unpaired) electrons. The van der Waals surface area contributed by atoms with Crippen molar-refractivity contribution in [1.29, 1.82) is 0 Å². The Kier molecular flexibility index (Phi) is 45.8. The van der Waals surface area contributed by atoms with Gasteiger partial charge in [-0.2, -0.15) is 0 Å². The summed E-state index contributed by atoms with van der Waals surface area (Å²) in [6, 6.07) is 0. The van der Waals surface area contributed by atoms with Gasteiger partial charge in [-0.3, -0.25) is 0 Å². The van der Waals surface area contributed by atoms with Gasteiger partial charge in [-0.15, -0.1) is 0 Å². The molecule has 0 aliphatic rings. The SMILES string of the molecule is CCCCCCCCCCCCCCCCCCN(CCCCCCCCCCCCN)CCCCCCCCCCCCCCCCN. The summed E-state index contributed by atoms with van der Waals surface area (Å²) in [6.07, 6.45) is 57.3. The normalized spacial score (nSPS) is 11.8. The topological polar surface area (TPSA) is 55.3 Å². The number of rotatable bonds is 45. The fourth-order valence-corrected chi connectivity index (χ4v) is 7.71. The van der Waals surface area contributed by atoms with Crippen LogP contribution in [0.1, 0.15) is 264 Å². The van der Waals surface area contributed by atoms with E-state index in [9.17, 15) is 0 Å². The van der Waals surface area contributed by atoms with E-state index in [1.165, 1.54) is 276 Å². The van der Waals surface area contributed by atoms with Crippen LogP contribution in [0.5, 0.6) is 0 Å². The number of unbranched alkanes of at least 4 members (excludes halogenated alkanes) is 37. The molecule has 0 amide bonds. The van der Waals surface area contributed by atoms with Crippen molar-refractivity contribution in [2.45, 2.75) is 264 Å². The van der Waals surface area contributed by atoms with Gasteiger partial charge >= 0.3 is 0 Å². The predicted octanol–water partition coefficient (Wildman–Crippen LogP) is 14.8. The quantitative estimate of drug-likeness (QED) is 0.0625. The second-order valence-corrected chi connectivity index (χ2v) is 16.2. The maximum absolute atomic E-state index is 5.62. The van der Waals surface area contributed by atoms with Crippen LogP contribution in [0, 0.1) is 0 Å². The Balaban J connectivity index is 3.89. The first-order valence-electron chi connectivity index (χ1n) is 23.5. The average molecular weight is 692 g/mol. The molecule has 0 aliphatic heterocycles. The summed E-state index contributed by atoms with van der Waals surface area (Å²) in [5.74, 6) is 0. The molecule has 3 heteroatoms. The zero-order valence-electron chi connectivity index (χ0n) is 34.4. The zero-order chi connectivity index (χ0) is 35.4. The van der Waals surface area contributed by atoms with Gasteiger partial charge in [0.05, 0.1) is 0 Å². The Bertz CT molecular complexity index is 552. The van der Waals surface area contributed by atoms with Gasteiger partial charge in [-0.25, -0.2) is 0 Å². The minimum Gasteiger partial charge on any atom is -0.330 e. The van der Waals surface area contributed by atoms with E-state index in [0.29, 0.717) is 0 Å². The second kappa shape index (κ2) is 45.9. The van der Waals surface area contributed by atoms with Crippen molar-refractivity contribution < 1.29 is 0 Å². The standard InChI is InChI=1S/C46H97N3/c1-2-3-4-5-6-7-8-9-10-12-15-19-24-29-34-39-44-49(46-41-36-31-26-21-18-23-28-33-38-43-48)45-40-35-30-25-20-16-13-11-14-17-22-27-32-37-42-47/h2-48H2,1H3. The van der Waals surface area contributed by atoms with E-state index in [-0.39, 0.29) is 0 Å². The molecule has 0 fully saturated rings. The van der Waals surface area contributed by atoms with Crippen LogP contribution < -0.4 is 11.5 Å². The maximum atomic E-state index is 5.62. The first-order valence-corrected chi connectivity index (χ1v) is 23.5. The monoisotopic (exact) mass is 692 g/mol. The van der Waals surface area contributed by atoms with Gasteiger partial charge in [0.25, 0.3) is 0 Å². The molecule has 296 valence electrons. The lowest BCUT2D eigenvalue weighted by Crippen LogP contribution is -2.27. The number of nitrogens with two attached hydrogens (primary N) is 2. The lowest BCUT2D eigenvalue weighted by molar-refractivity contribution is 0.254. The first kappa shape index (κ1) is 48.9. The molecule has 0 unspecified atom stereocenters. The van der Waals surface area contributed by atoms with Crippen molar-refractivity contribution >= 4 is 0 Å². The van der Waals surface area contributed by atoms with Gasteiger partial charge in [0.15, 0.2) is 0 Å². The summed E-state index contributed by atoms with van der Waals surface area (Å²) in [6.45, 7) is 8.11. The zero-order valence-corrected chi connectivity index (χ0v) is 34.4. The molecular weight excluding hydrogens is 595 g/mol. The molecule has 0 aliphatic carbocycles. The first-order chi connectivity index (χ1) is 24.3. The minimum atomic E-state index is 0.869. The molecule has 0 aromatic rings. The molecule has 0 aromatic carbocycles. The molecule has 0 saturated heterocycles. The molecule has 0 atom stereocenters. The van der Waals surface area contributed by atoms with Gasteiger partial charge in [-0.05, 0) is 64.8 Å². The molecule has 3 nitrogen and oxygen atoms in total. The van der Waals surface area contributed by atoms with Crippen molar-refractivity contribution in [3.63, 3.8) is 0 Å². The highest BCUT2D eigenvalue weighted by Crippen LogP contribution is 2.16. The van der Waals surface area contributed by atoms with Crippen molar-refractivity contribution in [2.24, 2.45) is 11.5 Å². The number of nitrogens with zero attached hydrogens (tertiary/aromatic N) is 1. The average Bonchev–Trinajstić information content (AvgIpc) is 3.11. The predicted molar refractivity (Wildman–Crippen MR) is 225 cm³/mol. The van der Waals surface area contributed by atoms with Crippen LogP contribution in [0.3, 0.4) is 0 Å². The third-order valence-corrected chi connectivity index (χ3v) is 11.2. The molecule has 0 aromatic heterocycles. The summed E-state index contributed by atoms with van der Waals surface area (Å²) < 4.78 is 0. The highest BCUT2D eigenvalue weighted by atomic mass is 15.1. The number of hydrogen-bond acceptors (Lipinski definition) is 3. The van der Waals surface area contributed by atoms with Gasteiger partial charge in [-0.1, -0.05) is 232 Å². The van der Waals surface area contributed by atoms with E-state index in [1.54, 1.807) is 0 Å². The van der Waals surface area contributed by atoms with Gasteiger partial charge < -0.3 is 16.4 Å². The molecule has 0 spiro atoms. The van der Waals surface area contributed by atoms with Gasteiger partial charge in [0.2, 0.25) is 0 Å². The van der Waals surface area contributed by atoms with Crippen LogP contribution in [0.2, 0.25) is 0 Å². The molecule has 0 saturated carbocycles. The van der Waals surface area contributed by atoms with E-state index in [0.717, 1.165) is 13.1 Å². The lowest BCUT2D eigenvalue weighted by atomic mass is 10.0. The molecule has 0 bridgehead atoms. The third kappa shape index (κ3) is 44.0. The molecule has 49 heavy (non-hydrogen) atoms. The summed E-state index contributed by atoms with van der Waals surface area (Å²) in [5, 5.41) is 0. The Hall–Kier alpha value is -0.120. The van der Waals surface area contributed by atoms with Crippen LogP contribution in [-0.2, 0) is 0 Å². The summed E-state index contributed by atoms with van der Waals surface area (Å²) in [4.78, 5) is 2.86. The molecule has 0 heterocycles. The van der Waals surface area contributed by atoms with E-state index in [4.69, 9.17) is 11.5 Å². The van der Waals surface area contributed by atoms with E-state index >= 15 is 0 Å². The van der Waals surface area contributed by atoms with E-state index < -0.39 is 0 Å². The van der Waals surface area contributed by atoms with Crippen LogP contribution in [0.4, 0.5) is 0 Å². The second-order valence-electron chi connectivity index (χ2n) is 16.2. The molecular formula is C46H97N3. The minimum absolute atomic E-state index is 0.869. The largest absolute Gasteiger partial charge is 0.330 e. The van der Waals surface area contributed by atoms with Crippen molar-refractivity contribution in [3.8, 4) is 0 Å². The summed E-state index contributed by atoms with van der Waals surface area (Å²) >= 11 is 0. The fraction of sp³-hybridized carbons (Fsp3) is 1.00. The van der Waals surface area contributed by atoms with Gasteiger partial charge in [0.1, 0.15) is 0 Å². The van der Waals surface area contributed by atoms with Gasteiger partial charge in [0, 0.05) is 0 Å². The third-order valence-electron chi connectivity index (χ3n) is 11.2. The van der Waals surface area contributed by atoms with Crippen molar-refractivity contribution in [1.82, 2.24) is 4.90 Å². The van der Waals surface area contributed by atoms with Crippen LogP contribution in [-0.4, -0.2) is 37.6 Å². The lowest BCUT2D eigenvalue weighted by Gasteiger charge is -2.22. The highest BCUT2D eigenvalue weighted by molar-refractivity contribution is 4.61. The molecule has 4 N–H and O–H groups in total. The van der Waals surface area contributed by atoms with Crippen molar-refractivity contribution in [3.05, 3.63) is 0 Å². The maximum Gasteiger partial charge on any atom is -0.00187 e. The van der Waals surface area contributed by atoms with Crippen LogP contribution in [0.15, 0.2) is 0 Å². The van der Waals surface area contributed by atoms with Crippen LogP contribution >= 0.6 is 0 Å². The van der Waals surface area contributed by atoms with Crippen LogP contribution in [0.25, 0.3) is 0 Å². The fourth-order valence-electron chi connectivity index (χ4n) is 7.71.